The van der Waals surface area contributed by atoms with Crippen LogP contribution in [0.25, 0.3) is 0 Å². The van der Waals surface area contributed by atoms with Crippen molar-refractivity contribution in [3.05, 3.63) is 47.4 Å². The van der Waals surface area contributed by atoms with Gasteiger partial charge in [0.1, 0.15) is 11.6 Å². The lowest BCUT2D eigenvalue weighted by Gasteiger charge is -2.28. The minimum absolute atomic E-state index is 0.0454. The summed E-state index contributed by atoms with van der Waals surface area (Å²) in [5.41, 5.74) is 5.78. The summed E-state index contributed by atoms with van der Waals surface area (Å²) < 4.78 is 5.47. The lowest BCUT2D eigenvalue weighted by molar-refractivity contribution is -0.134. The van der Waals surface area contributed by atoms with E-state index in [4.69, 9.17) is 10.5 Å². The van der Waals surface area contributed by atoms with Crippen molar-refractivity contribution in [1.29, 1.82) is 5.26 Å². The Bertz CT molecular complexity index is 557. The fourth-order valence-corrected chi connectivity index (χ4v) is 2.28. The maximum Gasteiger partial charge on any atom is 0.200 e. The first-order valence-electron chi connectivity index (χ1n) is 5.65. The van der Waals surface area contributed by atoms with E-state index in [2.05, 4.69) is 0 Å². The van der Waals surface area contributed by atoms with Crippen molar-refractivity contribution in [1.82, 2.24) is 0 Å². The van der Waals surface area contributed by atoms with Crippen LogP contribution in [0.2, 0.25) is 0 Å². The zero-order chi connectivity index (χ0) is 13.3. The molecular formula is C14H14N2O2. The first-order valence-corrected chi connectivity index (χ1v) is 5.65. The van der Waals surface area contributed by atoms with Gasteiger partial charge in [0.2, 0.25) is 0 Å². The second-order valence-corrected chi connectivity index (χ2v) is 4.50. The quantitative estimate of drug-likeness (QED) is 0.858. The third-order valence-corrected chi connectivity index (χ3v) is 3.38. The van der Waals surface area contributed by atoms with Crippen LogP contribution in [0.3, 0.4) is 0 Å². The van der Waals surface area contributed by atoms with Crippen LogP contribution in [0.15, 0.2) is 41.8 Å². The topological polar surface area (TPSA) is 76.1 Å². The highest BCUT2D eigenvalue weighted by molar-refractivity contribution is 5.87. The molecular weight excluding hydrogens is 228 g/mol. The van der Waals surface area contributed by atoms with Crippen molar-refractivity contribution >= 4 is 5.78 Å². The van der Waals surface area contributed by atoms with Gasteiger partial charge < -0.3 is 10.5 Å². The summed E-state index contributed by atoms with van der Waals surface area (Å²) >= 11 is 0. The SMILES string of the molecule is CC(=O)[C@@]1(C)OC(N)=C(C#N)[C@@H]1c1ccccc1. The minimum atomic E-state index is -1.10. The van der Waals surface area contributed by atoms with Crippen molar-refractivity contribution in [2.75, 3.05) is 0 Å². The van der Waals surface area contributed by atoms with Gasteiger partial charge in [-0.05, 0) is 19.4 Å². The molecule has 2 atom stereocenters. The summed E-state index contributed by atoms with van der Waals surface area (Å²) in [5.74, 6) is -0.546. The summed E-state index contributed by atoms with van der Waals surface area (Å²) in [6.07, 6.45) is 0. The Morgan fingerprint density at radius 1 is 1.44 bits per heavy atom. The van der Waals surface area contributed by atoms with Crippen molar-refractivity contribution in [3.63, 3.8) is 0 Å². The maximum atomic E-state index is 11.8. The Kier molecular flexibility index (Phi) is 2.84. The van der Waals surface area contributed by atoms with Gasteiger partial charge in [0.05, 0.1) is 5.92 Å². The second-order valence-electron chi connectivity index (χ2n) is 4.50. The highest BCUT2D eigenvalue weighted by atomic mass is 16.5. The van der Waals surface area contributed by atoms with E-state index in [1.807, 2.05) is 36.4 Å². The molecule has 0 bridgehead atoms. The predicted octanol–water partition coefficient (Wildman–Crippen LogP) is 1.84. The molecule has 1 aromatic carbocycles. The molecule has 0 saturated heterocycles. The molecule has 0 spiro atoms. The van der Waals surface area contributed by atoms with E-state index < -0.39 is 11.5 Å². The molecule has 0 amide bonds. The Morgan fingerprint density at radius 2 is 2.06 bits per heavy atom. The van der Waals surface area contributed by atoms with Gasteiger partial charge in [-0.3, -0.25) is 4.79 Å². The first-order chi connectivity index (χ1) is 8.50. The van der Waals surface area contributed by atoms with Crippen molar-refractivity contribution in [3.8, 4) is 6.07 Å². The summed E-state index contributed by atoms with van der Waals surface area (Å²) in [7, 11) is 0. The molecule has 0 saturated carbocycles. The summed E-state index contributed by atoms with van der Waals surface area (Å²) in [5, 5.41) is 9.20. The smallest absolute Gasteiger partial charge is 0.200 e. The van der Waals surface area contributed by atoms with E-state index >= 15 is 0 Å². The molecule has 0 unspecified atom stereocenters. The van der Waals surface area contributed by atoms with Gasteiger partial charge in [-0.25, -0.2) is 0 Å². The van der Waals surface area contributed by atoms with Crippen molar-refractivity contribution in [2.45, 2.75) is 25.4 Å². The Hall–Kier alpha value is -2.28. The van der Waals surface area contributed by atoms with Gasteiger partial charge in [-0.2, -0.15) is 5.26 Å². The zero-order valence-electron chi connectivity index (χ0n) is 10.3. The van der Waals surface area contributed by atoms with Crippen LogP contribution in [0.1, 0.15) is 25.3 Å². The average Bonchev–Trinajstić information content (AvgIpc) is 2.62. The van der Waals surface area contributed by atoms with Crippen LogP contribution in [-0.2, 0) is 9.53 Å². The van der Waals surface area contributed by atoms with Gasteiger partial charge in [-0.1, -0.05) is 30.3 Å². The molecule has 4 heteroatoms. The first kappa shape index (κ1) is 12.2. The number of hydrogen-bond acceptors (Lipinski definition) is 4. The summed E-state index contributed by atoms with van der Waals surface area (Å²) in [6, 6.07) is 11.4. The van der Waals surface area contributed by atoms with E-state index in [9.17, 15) is 10.1 Å². The van der Waals surface area contributed by atoms with Gasteiger partial charge in [0, 0.05) is 0 Å². The van der Waals surface area contributed by atoms with Crippen LogP contribution in [-0.4, -0.2) is 11.4 Å². The fourth-order valence-electron chi connectivity index (χ4n) is 2.28. The van der Waals surface area contributed by atoms with E-state index in [-0.39, 0.29) is 11.7 Å². The largest absolute Gasteiger partial charge is 0.463 e. The predicted molar refractivity (Wildman–Crippen MR) is 66.2 cm³/mol. The number of ether oxygens (including phenoxy) is 1. The van der Waals surface area contributed by atoms with E-state index in [0.29, 0.717) is 5.57 Å². The van der Waals surface area contributed by atoms with Gasteiger partial charge in [0.25, 0.3) is 0 Å². The number of nitrogens with zero attached hydrogens (tertiary/aromatic N) is 1. The minimum Gasteiger partial charge on any atom is -0.463 e. The summed E-state index contributed by atoms with van der Waals surface area (Å²) in [6.45, 7) is 3.12. The normalized spacial score (nSPS) is 26.6. The molecule has 1 aliphatic heterocycles. The molecule has 0 fully saturated rings. The van der Waals surface area contributed by atoms with Crippen LogP contribution in [0.5, 0.6) is 0 Å². The number of nitriles is 1. The van der Waals surface area contributed by atoms with E-state index in [1.54, 1.807) is 6.92 Å². The van der Waals surface area contributed by atoms with Gasteiger partial charge in [0.15, 0.2) is 17.3 Å². The van der Waals surface area contributed by atoms with Gasteiger partial charge in [-0.15, -0.1) is 0 Å². The molecule has 92 valence electrons. The van der Waals surface area contributed by atoms with Crippen LogP contribution in [0.4, 0.5) is 0 Å². The Labute approximate surface area is 106 Å². The standard InChI is InChI=1S/C14H14N2O2/c1-9(17)14(2)12(10-6-4-3-5-7-10)11(8-15)13(16)18-14/h3-7,12H,16H2,1-2H3/t12-,14+/m0/s1. The molecule has 1 heterocycles. The maximum absolute atomic E-state index is 11.8. The van der Waals surface area contributed by atoms with E-state index in [1.165, 1.54) is 6.92 Å². The Balaban J connectivity index is 2.58. The van der Waals surface area contributed by atoms with Crippen molar-refractivity contribution in [2.24, 2.45) is 5.73 Å². The lowest BCUT2D eigenvalue weighted by atomic mass is 9.78. The molecule has 0 radical (unpaired) electrons. The molecule has 18 heavy (non-hydrogen) atoms. The van der Waals surface area contributed by atoms with Crippen LogP contribution < -0.4 is 5.73 Å². The monoisotopic (exact) mass is 242 g/mol. The molecule has 2 N–H and O–H groups in total. The highest BCUT2D eigenvalue weighted by Crippen LogP contribution is 2.44. The second kappa shape index (κ2) is 4.19. The number of hydrogen-bond donors (Lipinski definition) is 1. The zero-order valence-corrected chi connectivity index (χ0v) is 10.3. The molecule has 0 aliphatic carbocycles. The molecule has 2 rings (SSSR count). The summed E-state index contributed by atoms with van der Waals surface area (Å²) in [4.78, 5) is 11.8. The number of Topliss-reactive ketones (excluding diaryl/α,β-unsaturated/α-hetero) is 1. The third-order valence-electron chi connectivity index (χ3n) is 3.38. The van der Waals surface area contributed by atoms with Crippen LogP contribution >= 0.6 is 0 Å². The number of carbonyl (C=O) groups excluding carboxylic acids is 1. The molecule has 0 aromatic heterocycles. The average molecular weight is 242 g/mol. The van der Waals surface area contributed by atoms with E-state index in [0.717, 1.165) is 5.56 Å². The lowest BCUT2D eigenvalue weighted by Crippen LogP contribution is -2.39. The highest BCUT2D eigenvalue weighted by Gasteiger charge is 2.50. The van der Waals surface area contributed by atoms with Crippen molar-refractivity contribution < 1.29 is 9.53 Å². The molecule has 4 nitrogen and oxygen atoms in total. The Morgan fingerprint density at radius 3 is 2.56 bits per heavy atom. The van der Waals surface area contributed by atoms with Gasteiger partial charge >= 0.3 is 0 Å². The number of ketones is 1. The number of rotatable bonds is 2. The molecule has 1 aromatic rings. The number of benzene rings is 1. The van der Waals surface area contributed by atoms with Crippen LogP contribution in [0, 0.1) is 11.3 Å². The number of nitrogens with two attached hydrogens (primary N) is 1. The third kappa shape index (κ3) is 1.65. The number of carbonyl (C=O) groups is 1. The molecule has 1 aliphatic rings. The fraction of sp³-hybridized carbons (Fsp3) is 0.286.